The summed E-state index contributed by atoms with van der Waals surface area (Å²) >= 11 is 0. The lowest BCUT2D eigenvalue weighted by Gasteiger charge is -2.02. The van der Waals surface area contributed by atoms with E-state index in [9.17, 15) is 8.42 Å². The van der Waals surface area contributed by atoms with Gasteiger partial charge in [0.2, 0.25) is 0 Å². The van der Waals surface area contributed by atoms with E-state index in [0.717, 1.165) is 17.0 Å². The Hall–Kier alpha value is -0.920. The van der Waals surface area contributed by atoms with Gasteiger partial charge in [-0.1, -0.05) is 0 Å². The highest BCUT2D eigenvalue weighted by Gasteiger charge is 2.10. The van der Waals surface area contributed by atoms with Crippen molar-refractivity contribution >= 4 is 10.2 Å². The minimum Gasteiger partial charge on any atom is -0.272 e. The highest BCUT2D eigenvalue weighted by atomic mass is 32.2. The molecule has 0 fully saturated rings. The molecule has 0 atom stereocenters. The molecular weight excluding hydrogens is 204 g/mol. The topological polar surface area (TPSA) is 90.0 Å². The zero-order valence-corrected chi connectivity index (χ0v) is 9.22. The lowest BCUT2D eigenvalue weighted by atomic mass is 10.2. The summed E-state index contributed by atoms with van der Waals surface area (Å²) < 4.78 is 25.3. The first-order chi connectivity index (χ1) is 6.31. The first kappa shape index (κ1) is 11.2. The molecule has 14 heavy (non-hydrogen) atoms. The summed E-state index contributed by atoms with van der Waals surface area (Å²) in [5.41, 5.74) is 2.60. The Balaban J connectivity index is 2.87. The van der Waals surface area contributed by atoms with Crippen LogP contribution in [0.25, 0.3) is 0 Å². The Morgan fingerprint density at radius 3 is 2.43 bits per heavy atom. The molecule has 0 spiro atoms. The standard InChI is InChI=1S/C7H14N4O2S/c1-5-7(4-9-14(8,12)13)6(2)11(3)10-5/h9H,4H2,1-3H3,(H2,8,12,13). The van der Waals surface area contributed by atoms with Gasteiger partial charge in [0.25, 0.3) is 10.2 Å². The maximum Gasteiger partial charge on any atom is 0.274 e. The van der Waals surface area contributed by atoms with E-state index in [1.165, 1.54) is 0 Å². The number of nitrogens with one attached hydrogen (secondary N) is 1. The van der Waals surface area contributed by atoms with Gasteiger partial charge >= 0.3 is 0 Å². The first-order valence-corrected chi connectivity index (χ1v) is 5.62. The third kappa shape index (κ3) is 2.53. The molecule has 0 aliphatic heterocycles. The Kier molecular flexibility index (Phi) is 2.93. The van der Waals surface area contributed by atoms with E-state index in [2.05, 4.69) is 9.82 Å². The van der Waals surface area contributed by atoms with Crippen molar-refractivity contribution in [1.29, 1.82) is 0 Å². The average Bonchev–Trinajstić information content (AvgIpc) is 2.23. The molecule has 0 saturated heterocycles. The van der Waals surface area contributed by atoms with Crippen LogP contribution in [-0.2, 0) is 23.8 Å². The van der Waals surface area contributed by atoms with Crippen LogP contribution in [0.1, 0.15) is 17.0 Å². The summed E-state index contributed by atoms with van der Waals surface area (Å²) in [7, 11) is -1.83. The highest BCUT2D eigenvalue weighted by molar-refractivity contribution is 7.87. The van der Waals surface area contributed by atoms with Crippen molar-refractivity contribution in [2.24, 2.45) is 12.2 Å². The van der Waals surface area contributed by atoms with Gasteiger partial charge in [0.15, 0.2) is 0 Å². The minimum atomic E-state index is -3.63. The molecule has 7 heteroatoms. The average molecular weight is 218 g/mol. The third-order valence-electron chi connectivity index (χ3n) is 2.11. The number of aromatic nitrogens is 2. The third-order valence-corrected chi connectivity index (χ3v) is 2.66. The van der Waals surface area contributed by atoms with Gasteiger partial charge in [-0.25, -0.2) is 5.14 Å². The van der Waals surface area contributed by atoms with Crippen LogP contribution in [0.15, 0.2) is 0 Å². The summed E-state index contributed by atoms with van der Waals surface area (Å²) in [5.74, 6) is 0. The fraction of sp³-hybridized carbons (Fsp3) is 0.571. The fourth-order valence-corrected chi connectivity index (χ4v) is 1.59. The maximum atomic E-state index is 10.7. The fourth-order valence-electron chi connectivity index (χ4n) is 1.25. The molecule has 0 amide bonds. The Morgan fingerprint density at radius 2 is 2.07 bits per heavy atom. The zero-order chi connectivity index (χ0) is 10.9. The van der Waals surface area contributed by atoms with Crippen molar-refractivity contribution in [1.82, 2.24) is 14.5 Å². The van der Waals surface area contributed by atoms with Crippen molar-refractivity contribution in [3.63, 3.8) is 0 Å². The molecule has 1 rings (SSSR count). The number of nitrogens with two attached hydrogens (primary N) is 1. The van der Waals surface area contributed by atoms with E-state index in [4.69, 9.17) is 5.14 Å². The van der Waals surface area contributed by atoms with E-state index >= 15 is 0 Å². The summed E-state index contributed by atoms with van der Waals surface area (Å²) in [6, 6.07) is 0. The molecule has 0 aromatic carbocycles. The predicted molar refractivity (Wildman–Crippen MR) is 52.6 cm³/mol. The summed E-state index contributed by atoms with van der Waals surface area (Å²) in [5, 5.41) is 8.98. The van der Waals surface area contributed by atoms with Crippen LogP contribution in [0.2, 0.25) is 0 Å². The van der Waals surface area contributed by atoms with Gasteiger partial charge in [0, 0.05) is 24.8 Å². The second-order valence-corrected chi connectivity index (χ2v) is 4.52. The van der Waals surface area contributed by atoms with Gasteiger partial charge in [0.1, 0.15) is 0 Å². The molecule has 1 heterocycles. The first-order valence-electron chi connectivity index (χ1n) is 4.07. The van der Waals surface area contributed by atoms with E-state index < -0.39 is 10.2 Å². The molecule has 6 nitrogen and oxygen atoms in total. The smallest absolute Gasteiger partial charge is 0.272 e. The molecule has 0 bridgehead atoms. The van der Waals surface area contributed by atoms with Crippen molar-refractivity contribution in [2.45, 2.75) is 20.4 Å². The molecule has 0 aliphatic carbocycles. The number of hydrogen-bond acceptors (Lipinski definition) is 3. The van der Waals surface area contributed by atoms with E-state index in [0.29, 0.717) is 0 Å². The van der Waals surface area contributed by atoms with Gasteiger partial charge in [-0.2, -0.15) is 18.2 Å². The van der Waals surface area contributed by atoms with Gasteiger partial charge < -0.3 is 0 Å². The van der Waals surface area contributed by atoms with Crippen LogP contribution < -0.4 is 9.86 Å². The molecule has 3 N–H and O–H groups in total. The van der Waals surface area contributed by atoms with Crippen LogP contribution in [0, 0.1) is 13.8 Å². The van der Waals surface area contributed by atoms with Crippen LogP contribution in [-0.4, -0.2) is 18.2 Å². The van der Waals surface area contributed by atoms with E-state index in [1.807, 2.05) is 20.9 Å². The van der Waals surface area contributed by atoms with Crippen molar-refractivity contribution in [3.05, 3.63) is 17.0 Å². The summed E-state index contributed by atoms with van der Waals surface area (Å²) in [4.78, 5) is 0. The monoisotopic (exact) mass is 218 g/mol. The van der Waals surface area contributed by atoms with Gasteiger partial charge in [-0.3, -0.25) is 4.68 Å². The van der Waals surface area contributed by atoms with Crippen LogP contribution >= 0.6 is 0 Å². The normalized spacial score (nSPS) is 12.0. The van der Waals surface area contributed by atoms with Crippen molar-refractivity contribution in [2.75, 3.05) is 0 Å². The molecule has 0 radical (unpaired) electrons. The predicted octanol–water partition coefficient (Wildman–Crippen LogP) is -0.670. The Labute approximate surface area is 83.3 Å². The number of nitrogens with zero attached hydrogens (tertiary/aromatic N) is 2. The van der Waals surface area contributed by atoms with E-state index in [1.54, 1.807) is 4.68 Å². The lowest BCUT2D eigenvalue weighted by Crippen LogP contribution is -2.30. The second-order valence-electron chi connectivity index (χ2n) is 3.14. The summed E-state index contributed by atoms with van der Waals surface area (Å²) in [6.45, 7) is 3.89. The summed E-state index contributed by atoms with van der Waals surface area (Å²) in [6.07, 6.45) is 0. The van der Waals surface area contributed by atoms with Gasteiger partial charge in [-0.05, 0) is 13.8 Å². The number of hydrogen-bond donors (Lipinski definition) is 2. The highest BCUT2D eigenvalue weighted by Crippen LogP contribution is 2.11. The zero-order valence-electron chi connectivity index (χ0n) is 8.40. The minimum absolute atomic E-state index is 0.185. The van der Waals surface area contributed by atoms with Crippen LogP contribution in [0.5, 0.6) is 0 Å². The van der Waals surface area contributed by atoms with Crippen molar-refractivity contribution in [3.8, 4) is 0 Å². The van der Waals surface area contributed by atoms with Gasteiger partial charge in [-0.15, -0.1) is 0 Å². The molecule has 1 aromatic heterocycles. The lowest BCUT2D eigenvalue weighted by molar-refractivity contribution is 0.583. The number of rotatable bonds is 3. The molecule has 0 aliphatic rings. The quantitative estimate of drug-likeness (QED) is 0.705. The molecular formula is C7H14N4O2S. The maximum absolute atomic E-state index is 10.7. The SMILES string of the molecule is Cc1nn(C)c(C)c1CNS(N)(=O)=O. The van der Waals surface area contributed by atoms with Gasteiger partial charge in [0.05, 0.1) is 5.69 Å². The molecule has 0 unspecified atom stereocenters. The molecule has 1 aromatic rings. The largest absolute Gasteiger partial charge is 0.274 e. The molecule has 0 saturated carbocycles. The Morgan fingerprint density at radius 1 is 1.50 bits per heavy atom. The van der Waals surface area contributed by atoms with E-state index in [-0.39, 0.29) is 6.54 Å². The van der Waals surface area contributed by atoms with Crippen molar-refractivity contribution < 1.29 is 8.42 Å². The Bertz CT molecular complexity index is 435. The second kappa shape index (κ2) is 3.68. The number of aryl methyl sites for hydroxylation is 2. The van der Waals surface area contributed by atoms with Crippen LogP contribution in [0.4, 0.5) is 0 Å². The molecule has 80 valence electrons. The van der Waals surface area contributed by atoms with Crippen LogP contribution in [0.3, 0.4) is 0 Å².